The van der Waals surface area contributed by atoms with Crippen LogP contribution in [0.3, 0.4) is 0 Å². The van der Waals surface area contributed by atoms with E-state index in [-0.39, 0.29) is 22.9 Å². The fourth-order valence-corrected chi connectivity index (χ4v) is 3.49. The van der Waals surface area contributed by atoms with Crippen LogP contribution >= 0.6 is 0 Å². The molecule has 0 spiro atoms. The predicted molar refractivity (Wildman–Crippen MR) is 110 cm³/mol. The van der Waals surface area contributed by atoms with E-state index in [1.165, 1.54) is 19.1 Å². The summed E-state index contributed by atoms with van der Waals surface area (Å²) >= 11 is 0. The van der Waals surface area contributed by atoms with Crippen molar-refractivity contribution in [3.63, 3.8) is 0 Å². The van der Waals surface area contributed by atoms with Crippen molar-refractivity contribution in [2.75, 3.05) is 0 Å². The summed E-state index contributed by atoms with van der Waals surface area (Å²) < 4.78 is 46.0. The highest BCUT2D eigenvalue weighted by molar-refractivity contribution is 5.98. The van der Waals surface area contributed by atoms with Gasteiger partial charge in [-0.3, -0.25) is 4.79 Å². The minimum Gasteiger partial charge on any atom is -0.489 e. The minimum atomic E-state index is -5.04. The first kappa shape index (κ1) is 20.9. The van der Waals surface area contributed by atoms with Crippen molar-refractivity contribution in [2.24, 2.45) is 5.10 Å². The number of rotatable bonds is 4. The third-order valence-corrected chi connectivity index (χ3v) is 5.07. The summed E-state index contributed by atoms with van der Waals surface area (Å²) in [6.45, 7) is 1.45. The smallest absolute Gasteiger partial charge is 0.438 e. The van der Waals surface area contributed by atoms with Gasteiger partial charge in [0.05, 0.1) is 0 Å². The second-order valence-corrected chi connectivity index (χ2v) is 7.44. The lowest BCUT2D eigenvalue weighted by molar-refractivity contribution is -0.297. The van der Waals surface area contributed by atoms with Gasteiger partial charge in [-0.2, -0.15) is 23.3 Å². The molecular weight excluding hydrogens is 409 g/mol. The monoisotopic (exact) mass is 428 g/mol. The quantitative estimate of drug-likeness (QED) is 0.644. The molecule has 0 radical (unpaired) electrons. The van der Waals surface area contributed by atoms with Crippen LogP contribution in [-0.2, 0) is 6.61 Å². The zero-order valence-corrected chi connectivity index (χ0v) is 16.6. The van der Waals surface area contributed by atoms with Gasteiger partial charge in [-0.1, -0.05) is 42.5 Å². The Morgan fingerprint density at radius 1 is 1.10 bits per heavy atom. The van der Waals surface area contributed by atoms with Gasteiger partial charge in [-0.25, -0.2) is 0 Å². The van der Waals surface area contributed by atoms with Crippen LogP contribution in [-0.4, -0.2) is 33.6 Å². The van der Waals surface area contributed by atoms with E-state index in [1.54, 1.807) is 12.1 Å². The van der Waals surface area contributed by atoms with Crippen LogP contribution in [0.5, 0.6) is 5.75 Å². The molecular formula is C23H19F3N2O3. The molecule has 3 aromatic rings. The molecule has 0 fully saturated rings. The first-order valence-electron chi connectivity index (χ1n) is 9.56. The number of amides is 1. The molecule has 4 rings (SSSR count). The van der Waals surface area contributed by atoms with Crippen molar-refractivity contribution in [3.05, 3.63) is 77.9 Å². The second-order valence-electron chi connectivity index (χ2n) is 7.44. The van der Waals surface area contributed by atoms with E-state index in [0.717, 1.165) is 10.8 Å². The lowest BCUT2D eigenvalue weighted by atomic mass is 10.1. The first-order chi connectivity index (χ1) is 14.7. The first-order valence-corrected chi connectivity index (χ1v) is 9.56. The molecule has 8 heteroatoms. The van der Waals surface area contributed by atoms with Crippen LogP contribution in [0.1, 0.15) is 29.3 Å². The van der Waals surface area contributed by atoms with E-state index in [4.69, 9.17) is 4.74 Å². The van der Waals surface area contributed by atoms with E-state index in [9.17, 15) is 23.1 Å². The van der Waals surface area contributed by atoms with Crippen molar-refractivity contribution in [3.8, 4) is 5.75 Å². The van der Waals surface area contributed by atoms with Gasteiger partial charge in [0.15, 0.2) is 0 Å². The Morgan fingerprint density at radius 2 is 1.84 bits per heavy atom. The van der Waals surface area contributed by atoms with Gasteiger partial charge < -0.3 is 9.84 Å². The standard InChI is InChI=1S/C23H19F3N2O3/c1-15-13-22(30,23(24,25)26)28(27-15)21(29)19-8-4-5-16(11-19)14-31-20-10-9-17-6-2-3-7-18(17)12-20/h2-12,30H,13-14H2,1H3/t22-/m1/s1. The number of carbonyl (C=O) groups excluding carboxylic acids is 1. The third kappa shape index (κ3) is 3.98. The molecule has 1 aliphatic rings. The normalized spacial score (nSPS) is 18.9. The van der Waals surface area contributed by atoms with Gasteiger partial charge >= 0.3 is 6.18 Å². The van der Waals surface area contributed by atoms with Gasteiger partial charge in [-0.15, -0.1) is 0 Å². The van der Waals surface area contributed by atoms with Crippen LogP contribution < -0.4 is 4.74 Å². The predicted octanol–water partition coefficient (Wildman–Crippen LogP) is 4.89. The Labute approximate surface area is 176 Å². The number of carbonyl (C=O) groups is 1. The molecule has 31 heavy (non-hydrogen) atoms. The molecule has 1 atom stereocenters. The number of ether oxygens (including phenoxy) is 1. The van der Waals surface area contributed by atoms with Gasteiger partial charge in [0.25, 0.3) is 11.6 Å². The highest BCUT2D eigenvalue weighted by atomic mass is 19.4. The fraction of sp³-hybridized carbons (Fsp3) is 0.217. The molecule has 3 aromatic carbocycles. The average Bonchev–Trinajstić information content (AvgIpc) is 3.07. The number of aliphatic hydroxyl groups is 1. The number of nitrogens with zero attached hydrogens (tertiary/aromatic N) is 2. The van der Waals surface area contributed by atoms with Crippen molar-refractivity contribution >= 4 is 22.4 Å². The van der Waals surface area contributed by atoms with Crippen LogP contribution in [0, 0.1) is 0 Å². The maximum Gasteiger partial charge on any atom is 0.438 e. The van der Waals surface area contributed by atoms with Gasteiger partial charge in [0, 0.05) is 17.7 Å². The van der Waals surface area contributed by atoms with Crippen molar-refractivity contribution in [2.45, 2.75) is 31.9 Å². The lowest BCUT2D eigenvalue weighted by Gasteiger charge is -2.32. The summed E-state index contributed by atoms with van der Waals surface area (Å²) in [5.74, 6) is -0.411. The van der Waals surface area contributed by atoms with Crippen molar-refractivity contribution < 1.29 is 27.8 Å². The molecule has 0 saturated heterocycles. The minimum absolute atomic E-state index is 0.0176. The molecule has 0 aromatic heterocycles. The Morgan fingerprint density at radius 3 is 2.58 bits per heavy atom. The summed E-state index contributed by atoms with van der Waals surface area (Å²) in [4.78, 5) is 12.7. The number of hydrazone groups is 1. The Bertz CT molecular complexity index is 1180. The maximum absolute atomic E-state index is 13.4. The van der Waals surface area contributed by atoms with E-state index in [0.29, 0.717) is 11.3 Å². The number of halogens is 3. The van der Waals surface area contributed by atoms with Crippen LogP contribution in [0.4, 0.5) is 13.2 Å². The Balaban J connectivity index is 1.53. The topological polar surface area (TPSA) is 62.1 Å². The van der Waals surface area contributed by atoms with Crippen LogP contribution in [0.2, 0.25) is 0 Å². The molecule has 1 aliphatic heterocycles. The summed E-state index contributed by atoms with van der Waals surface area (Å²) in [5.41, 5.74) is -2.77. The van der Waals surface area contributed by atoms with E-state index in [2.05, 4.69) is 5.10 Å². The Hall–Kier alpha value is -3.39. The molecule has 0 bridgehead atoms. The molecule has 1 heterocycles. The number of alkyl halides is 3. The van der Waals surface area contributed by atoms with E-state index >= 15 is 0 Å². The fourth-order valence-electron chi connectivity index (χ4n) is 3.49. The summed E-state index contributed by atoms with van der Waals surface area (Å²) in [6, 6.07) is 19.5. The van der Waals surface area contributed by atoms with Crippen molar-refractivity contribution in [1.82, 2.24) is 5.01 Å². The number of hydrogen-bond acceptors (Lipinski definition) is 4. The van der Waals surface area contributed by atoms with Crippen molar-refractivity contribution in [1.29, 1.82) is 0 Å². The molecule has 0 aliphatic carbocycles. The molecule has 1 N–H and O–H groups in total. The molecule has 1 amide bonds. The SMILES string of the molecule is CC1=NN(C(=O)c2cccc(COc3ccc4ccccc4c3)c2)[C@](O)(C(F)(F)F)C1. The third-order valence-electron chi connectivity index (χ3n) is 5.07. The highest BCUT2D eigenvalue weighted by Crippen LogP contribution is 2.40. The molecule has 0 saturated carbocycles. The molecule has 0 unspecified atom stereocenters. The van der Waals surface area contributed by atoms with Gasteiger partial charge in [-0.05, 0) is 47.5 Å². The number of benzene rings is 3. The zero-order chi connectivity index (χ0) is 22.2. The molecule has 160 valence electrons. The summed E-state index contributed by atoms with van der Waals surface area (Å²) in [5, 5.41) is 16.0. The second kappa shape index (κ2) is 7.70. The number of fused-ring (bicyclic) bond motifs is 1. The van der Waals surface area contributed by atoms with Gasteiger partial charge in [0.1, 0.15) is 12.4 Å². The number of hydrogen-bond donors (Lipinski definition) is 1. The molecule has 5 nitrogen and oxygen atoms in total. The largest absolute Gasteiger partial charge is 0.489 e. The van der Waals surface area contributed by atoms with Crippen LogP contribution in [0.15, 0.2) is 71.8 Å². The van der Waals surface area contributed by atoms with Crippen LogP contribution in [0.25, 0.3) is 10.8 Å². The lowest BCUT2D eigenvalue weighted by Crippen LogP contribution is -2.56. The summed E-state index contributed by atoms with van der Waals surface area (Å²) in [6.07, 6.45) is -5.83. The maximum atomic E-state index is 13.4. The van der Waals surface area contributed by atoms with E-state index < -0.39 is 24.2 Å². The van der Waals surface area contributed by atoms with E-state index in [1.807, 2.05) is 42.5 Å². The summed E-state index contributed by atoms with van der Waals surface area (Å²) in [7, 11) is 0. The van der Waals surface area contributed by atoms with Gasteiger partial charge in [0.2, 0.25) is 0 Å². The average molecular weight is 428 g/mol. The zero-order valence-electron chi connectivity index (χ0n) is 16.6. The highest BCUT2D eigenvalue weighted by Gasteiger charge is 2.62. The Kier molecular flexibility index (Phi) is 5.18.